The van der Waals surface area contributed by atoms with Gasteiger partial charge < -0.3 is 4.74 Å². The number of nitrogens with zero attached hydrogens (tertiary/aromatic N) is 2. The number of pyridine rings is 2. The van der Waals surface area contributed by atoms with Gasteiger partial charge in [-0.2, -0.15) is 0 Å². The van der Waals surface area contributed by atoms with E-state index in [0.717, 1.165) is 18.5 Å². The number of aryl methyl sites for hydroxylation is 2. The maximum atomic E-state index is 12.7. The minimum absolute atomic E-state index is 0.312. The van der Waals surface area contributed by atoms with Crippen molar-refractivity contribution in [2.24, 2.45) is 0 Å². The van der Waals surface area contributed by atoms with Crippen LogP contribution in [0.2, 0.25) is 0 Å². The zero-order chi connectivity index (χ0) is 13.1. The molecule has 0 atom stereocenters. The Hall–Kier alpha value is -1.97. The van der Waals surface area contributed by atoms with Gasteiger partial charge in [-0.15, -0.1) is 0 Å². The lowest BCUT2D eigenvalue weighted by molar-refractivity contribution is 0.287. The molecule has 98 valence electrons. The van der Waals surface area contributed by atoms with Gasteiger partial charge in [0.25, 0.3) is 0 Å². The first-order valence-electron chi connectivity index (χ1n) is 6.53. The molecule has 0 N–H and O–H groups in total. The lowest BCUT2D eigenvalue weighted by Crippen LogP contribution is -2.07. The highest BCUT2D eigenvalue weighted by molar-refractivity contribution is 5.27. The molecule has 0 saturated heterocycles. The maximum absolute atomic E-state index is 12.7. The molecule has 1 aliphatic carbocycles. The van der Waals surface area contributed by atoms with Gasteiger partial charge in [-0.3, -0.25) is 4.98 Å². The first-order valence-corrected chi connectivity index (χ1v) is 6.53. The van der Waals surface area contributed by atoms with Crippen LogP contribution in [0.4, 0.5) is 4.39 Å². The molecular formula is C15H15FN2O. The van der Waals surface area contributed by atoms with Crippen molar-refractivity contribution in [3.05, 3.63) is 53.2 Å². The minimum atomic E-state index is -0.337. The van der Waals surface area contributed by atoms with Gasteiger partial charge in [-0.1, -0.05) is 6.07 Å². The number of aromatic nitrogens is 2. The topological polar surface area (TPSA) is 35.0 Å². The summed E-state index contributed by atoms with van der Waals surface area (Å²) in [4.78, 5) is 8.47. The van der Waals surface area contributed by atoms with Crippen LogP contribution in [-0.4, -0.2) is 9.97 Å². The molecule has 0 saturated carbocycles. The molecule has 4 heteroatoms. The molecule has 0 bridgehead atoms. The van der Waals surface area contributed by atoms with E-state index in [0.29, 0.717) is 18.2 Å². The zero-order valence-electron chi connectivity index (χ0n) is 10.6. The van der Waals surface area contributed by atoms with E-state index in [1.165, 1.54) is 30.7 Å². The van der Waals surface area contributed by atoms with Crippen LogP contribution >= 0.6 is 0 Å². The molecule has 0 radical (unpaired) electrons. The fourth-order valence-corrected chi connectivity index (χ4v) is 2.28. The van der Waals surface area contributed by atoms with Crippen molar-refractivity contribution < 1.29 is 9.13 Å². The van der Waals surface area contributed by atoms with Crippen LogP contribution in [0.3, 0.4) is 0 Å². The number of rotatable bonds is 3. The number of hydrogen-bond acceptors (Lipinski definition) is 3. The molecule has 0 amide bonds. The van der Waals surface area contributed by atoms with Crippen LogP contribution in [0.5, 0.6) is 5.88 Å². The molecule has 1 aliphatic rings. The van der Waals surface area contributed by atoms with Crippen molar-refractivity contribution in [3.8, 4) is 5.88 Å². The molecule has 0 aromatic carbocycles. The van der Waals surface area contributed by atoms with Crippen LogP contribution in [0.15, 0.2) is 30.5 Å². The number of ether oxygens (including phenoxy) is 1. The fraction of sp³-hybridized carbons (Fsp3) is 0.333. The molecule has 0 aliphatic heterocycles. The van der Waals surface area contributed by atoms with E-state index in [-0.39, 0.29) is 5.82 Å². The summed E-state index contributed by atoms with van der Waals surface area (Å²) in [6, 6.07) is 6.99. The van der Waals surface area contributed by atoms with Crippen molar-refractivity contribution in [3.63, 3.8) is 0 Å². The fourth-order valence-electron chi connectivity index (χ4n) is 2.28. The van der Waals surface area contributed by atoms with Crippen molar-refractivity contribution in [2.45, 2.75) is 32.3 Å². The van der Waals surface area contributed by atoms with E-state index < -0.39 is 0 Å². The van der Waals surface area contributed by atoms with E-state index >= 15 is 0 Å². The van der Waals surface area contributed by atoms with Crippen LogP contribution in [0.25, 0.3) is 0 Å². The Balaban J connectivity index is 1.68. The van der Waals surface area contributed by atoms with Gasteiger partial charge in [0.2, 0.25) is 5.88 Å². The van der Waals surface area contributed by atoms with Gasteiger partial charge in [-0.25, -0.2) is 9.37 Å². The molecule has 0 fully saturated rings. The average Bonchev–Trinajstić information content (AvgIpc) is 2.46. The van der Waals surface area contributed by atoms with Crippen molar-refractivity contribution >= 4 is 0 Å². The Morgan fingerprint density at radius 1 is 1.11 bits per heavy atom. The van der Waals surface area contributed by atoms with Crippen LogP contribution in [0.1, 0.15) is 29.8 Å². The van der Waals surface area contributed by atoms with Crippen molar-refractivity contribution in [1.29, 1.82) is 0 Å². The molecule has 0 spiro atoms. The third-order valence-corrected chi connectivity index (χ3v) is 3.31. The minimum Gasteiger partial charge on any atom is -0.471 e. The summed E-state index contributed by atoms with van der Waals surface area (Å²) in [5, 5.41) is 0. The first kappa shape index (κ1) is 12.1. The van der Waals surface area contributed by atoms with Gasteiger partial charge in [0, 0.05) is 11.8 Å². The SMILES string of the molecule is Fc1ccc(COc2ccc3c(n2)CCCC3)nc1. The Kier molecular flexibility index (Phi) is 3.40. The maximum Gasteiger partial charge on any atom is 0.213 e. The Morgan fingerprint density at radius 3 is 2.84 bits per heavy atom. The standard InChI is InChI=1S/C15H15FN2O/c16-12-6-7-13(17-9-12)10-19-15-8-5-11-3-1-2-4-14(11)18-15/h5-9H,1-4,10H2. The zero-order valence-corrected chi connectivity index (χ0v) is 10.6. The number of fused-ring (bicyclic) bond motifs is 1. The summed E-state index contributed by atoms with van der Waals surface area (Å²) in [7, 11) is 0. The summed E-state index contributed by atoms with van der Waals surface area (Å²) in [6.45, 7) is 0.312. The second kappa shape index (κ2) is 5.34. The van der Waals surface area contributed by atoms with E-state index in [2.05, 4.69) is 16.0 Å². The molecule has 2 aromatic heterocycles. The molecule has 3 nitrogen and oxygen atoms in total. The number of hydrogen-bond donors (Lipinski definition) is 0. The first-order chi connectivity index (χ1) is 9.31. The molecule has 19 heavy (non-hydrogen) atoms. The highest BCUT2D eigenvalue weighted by Gasteiger charge is 2.11. The summed E-state index contributed by atoms with van der Waals surface area (Å²) in [5.74, 6) is 0.280. The summed E-state index contributed by atoms with van der Waals surface area (Å²) in [6.07, 6.45) is 5.78. The Labute approximate surface area is 111 Å². The van der Waals surface area contributed by atoms with Gasteiger partial charge in [0.15, 0.2) is 0 Å². The predicted molar refractivity (Wildman–Crippen MR) is 69.4 cm³/mol. The van der Waals surface area contributed by atoms with E-state index in [9.17, 15) is 4.39 Å². The monoisotopic (exact) mass is 258 g/mol. The van der Waals surface area contributed by atoms with Crippen LogP contribution in [0, 0.1) is 5.82 Å². The predicted octanol–water partition coefficient (Wildman–Crippen LogP) is 3.07. The lowest BCUT2D eigenvalue weighted by Gasteiger charge is -2.15. The Morgan fingerprint density at radius 2 is 2.00 bits per heavy atom. The molecule has 2 heterocycles. The van der Waals surface area contributed by atoms with Gasteiger partial charge in [0.05, 0.1) is 11.9 Å². The molecule has 3 rings (SSSR count). The number of halogens is 1. The van der Waals surface area contributed by atoms with Crippen LogP contribution < -0.4 is 4.74 Å². The third-order valence-electron chi connectivity index (χ3n) is 3.31. The Bertz CT molecular complexity index is 569. The quantitative estimate of drug-likeness (QED) is 0.848. The lowest BCUT2D eigenvalue weighted by atomic mass is 9.96. The highest BCUT2D eigenvalue weighted by atomic mass is 19.1. The summed E-state index contributed by atoms with van der Waals surface area (Å²) >= 11 is 0. The molecule has 2 aromatic rings. The van der Waals surface area contributed by atoms with Gasteiger partial charge in [-0.05, 0) is 43.4 Å². The second-order valence-corrected chi connectivity index (χ2v) is 4.72. The van der Waals surface area contributed by atoms with Gasteiger partial charge >= 0.3 is 0 Å². The van der Waals surface area contributed by atoms with Gasteiger partial charge in [0.1, 0.15) is 12.4 Å². The smallest absolute Gasteiger partial charge is 0.213 e. The molecular weight excluding hydrogens is 243 g/mol. The second-order valence-electron chi connectivity index (χ2n) is 4.72. The summed E-state index contributed by atoms with van der Waals surface area (Å²) < 4.78 is 18.3. The van der Waals surface area contributed by atoms with E-state index in [1.807, 2.05) is 6.07 Å². The normalized spacial score (nSPS) is 13.9. The summed E-state index contributed by atoms with van der Waals surface area (Å²) in [5.41, 5.74) is 3.18. The van der Waals surface area contributed by atoms with E-state index in [1.54, 1.807) is 6.07 Å². The highest BCUT2D eigenvalue weighted by Crippen LogP contribution is 2.22. The van der Waals surface area contributed by atoms with E-state index in [4.69, 9.17) is 4.74 Å². The average molecular weight is 258 g/mol. The molecule has 0 unspecified atom stereocenters. The largest absolute Gasteiger partial charge is 0.471 e. The van der Waals surface area contributed by atoms with Crippen molar-refractivity contribution in [2.75, 3.05) is 0 Å². The van der Waals surface area contributed by atoms with Crippen LogP contribution in [-0.2, 0) is 19.4 Å². The third kappa shape index (κ3) is 2.89. The van der Waals surface area contributed by atoms with Crippen molar-refractivity contribution in [1.82, 2.24) is 9.97 Å².